The van der Waals surface area contributed by atoms with Gasteiger partial charge >= 0.3 is 5.69 Å². The van der Waals surface area contributed by atoms with Crippen LogP contribution in [0.1, 0.15) is 11.8 Å². The van der Waals surface area contributed by atoms with Crippen LogP contribution in [0.15, 0.2) is 52.2 Å². The van der Waals surface area contributed by atoms with E-state index in [1.54, 1.807) is 0 Å². The molecule has 1 fully saturated rings. The summed E-state index contributed by atoms with van der Waals surface area (Å²) in [5.41, 5.74) is -0.112. The minimum Gasteiger partial charge on any atom is -0.394 e. The lowest BCUT2D eigenvalue weighted by Crippen LogP contribution is -2.43. The summed E-state index contributed by atoms with van der Waals surface area (Å²) in [4.78, 5) is 24.7. The van der Waals surface area contributed by atoms with Crippen molar-refractivity contribution in [2.75, 3.05) is 6.61 Å². The second-order valence-corrected chi connectivity index (χ2v) is 5.96. The van der Waals surface area contributed by atoms with Gasteiger partial charge in [-0.05, 0) is 12.0 Å². The highest BCUT2D eigenvalue weighted by molar-refractivity contribution is 5.14. The molecule has 1 aliphatic rings. The van der Waals surface area contributed by atoms with Crippen LogP contribution in [-0.4, -0.2) is 49.4 Å². The van der Waals surface area contributed by atoms with Crippen molar-refractivity contribution >= 4 is 0 Å². The third-order valence-corrected chi connectivity index (χ3v) is 4.35. The van der Waals surface area contributed by atoms with Crippen LogP contribution >= 0.6 is 0 Å². The highest BCUT2D eigenvalue weighted by Gasteiger charge is 2.43. The molecule has 2 aromatic rings. The Morgan fingerprint density at radius 1 is 1.04 bits per heavy atom. The standard InChI is InChI=1S/C17H20N2O6/c20-10-12-14(22)15(23)16(25-12)19-9-7-13(21)18(17(19)24)8-6-11-4-2-1-3-5-11/h1-5,7,9,12,14-16,20,22-23H,6,8,10H2/t12-,14+,15+,16-/m1/s1. The van der Waals surface area contributed by atoms with Gasteiger partial charge in [0.25, 0.3) is 5.56 Å². The Morgan fingerprint density at radius 3 is 2.40 bits per heavy atom. The maximum atomic E-state index is 12.6. The van der Waals surface area contributed by atoms with Crippen molar-refractivity contribution < 1.29 is 20.1 Å². The van der Waals surface area contributed by atoms with E-state index in [2.05, 4.69) is 0 Å². The zero-order chi connectivity index (χ0) is 18.0. The van der Waals surface area contributed by atoms with Crippen molar-refractivity contribution in [2.24, 2.45) is 0 Å². The SMILES string of the molecule is O=c1ccn([C@@H]2O[C@H](CO)[C@H](O)[C@@H]2O)c(=O)n1CCc1ccccc1. The number of rotatable bonds is 5. The molecule has 4 atom stereocenters. The van der Waals surface area contributed by atoms with Crippen LogP contribution in [0, 0.1) is 0 Å². The molecule has 2 heterocycles. The molecule has 8 nitrogen and oxygen atoms in total. The van der Waals surface area contributed by atoms with Crippen LogP contribution in [0.4, 0.5) is 0 Å². The predicted molar refractivity (Wildman–Crippen MR) is 88.1 cm³/mol. The molecular weight excluding hydrogens is 328 g/mol. The molecule has 0 saturated carbocycles. The number of nitrogens with zero attached hydrogens (tertiary/aromatic N) is 2. The van der Waals surface area contributed by atoms with Crippen molar-refractivity contribution in [1.82, 2.24) is 9.13 Å². The molecule has 25 heavy (non-hydrogen) atoms. The summed E-state index contributed by atoms with van der Waals surface area (Å²) < 4.78 is 7.48. The average molecular weight is 348 g/mol. The summed E-state index contributed by atoms with van der Waals surface area (Å²) >= 11 is 0. The zero-order valence-corrected chi connectivity index (χ0v) is 13.4. The van der Waals surface area contributed by atoms with Crippen LogP contribution in [0.5, 0.6) is 0 Å². The van der Waals surface area contributed by atoms with E-state index >= 15 is 0 Å². The molecule has 0 unspecified atom stereocenters. The Kier molecular flexibility index (Phi) is 5.14. The molecule has 0 spiro atoms. The predicted octanol–water partition coefficient (Wildman–Crippen LogP) is -1.14. The van der Waals surface area contributed by atoms with Gasteiger partial charge in [-0.1, -0.05) is 30.3 Å². The zero-order valence-electron chi connectivity index (χ0n) is 13.4. The number of ether oxygens (including phenoxy) is 1. The summed E-state index contributed by atoms with van der Waals surface area (Å²) in [7, 11) is 0. The van der Waals surface area contributed by atoms with Gasteiger partial charge in [0.2, 0.25) is 0 Å². The van der Waals surface area contributed by atoms with E-state index in [4.69, 9.17) is 9.84 Å². The summed E-state index contributed by atoms with van der Waals surface area (Å²) in [6, 6.07) is 10.6. The molecular formula is C17H20N2O6. The molecule has 1 aromatic heterocycles. The van der Waals surface area contributed by atoms with Gasteiger partial charge in [-0.3, -0.25) is 13.9 Å². The van der Waals surface area contributed by atoms with Gasteiger partial charge in [0.15, 0.2) is 6.23 Å². The summed E-state index contributed by atoms with van der Waals surface area (Å²) in [6.45, 7) is -0.311. The number of hydrogen-bond acceptors (Lipinski definition) is 6. The number of aliphatic hydroxyl groups excluding tert-OH is 3. The van der Waals surface area contributed by atoms with Crippen molar-refractivity contribution in [3.05, 3.63) is 69.0 Å². The molecule has 3 rings (SSSR count). The number of aliphatic hydroxyl groups is 3. The average Bonchev–Trinajstić information content (AvgIpc) is 2.91. The van der Waals surface area contributed by atoms with E-state index in [-0.39, 0.29) is 6.54 Å². The lowest BCUT2D eigenvalue weighted by Gasteiger charge is -2.18. The second-order valence-electron chi connectivity index (χ2n) is 5.96. The largest absolute Gasteiger partial charge is 0.394 e. The van der Waals surface area contributed by atoms with Gasteiger partial charge in [-0.25, -0.2) is 4.79 Å². The van der Waals surface area contributed by atoms with Gasteiger partial charge in [0.05, 0.1) is 6.61 Å². The Hall–Kier alpha value is -2.26. The Labute approximate surface area is 143 Å². The van der Waals surface area contributed by atoms with E-state index in [1.807, 2.05) is 30.3 Å². The highest BCUT2D eigenvalue weighted by atomic mass is 16.6. The molecule has 0 aliphatic carbocycles. The molecule has 0 radical (unpaired) electrons. The van der Waals surface area contributed by atoms with Gasteiger partial charge in [0.1, 0.15) is 18.3 Å². The molecule has 3 N–H and O–H groups in total. The first-order valence-electron chi connectivity index (χ1n) is 8.01. The van der Waals surface area contributed by atoms with Crippen molar-refractivity contribution in [1.29, 1.82) is 0 Å². The minimum absolute atomic E-state index is 0.178. The lowest BCUT2D eigenvalue weighted by molar-refractivity contribution is -0.0556. The Morgan fingerprint density at radius 2 is 1.76 bits per heavy atom. The lowest BCUT2D eigenvalue weighted by atomic mass is 10.1. The molecule has 1 saturated heterocycles. The maximum absolute atomic E-state index is 12.6. The first-order valence-corrected chi connectivity index (χ1v) is 8.01. The molecule has 1 aromatic carbocycles. The Balaban J connectivity index is 1.88. The molecule has 8 heteroatoms. The molecule has 0 bridgehead atoms. The van der Waals surface area contributed by atoms with Crippen LogP contribution < -0.4 is 11.2 Å². The van der Waals surface area contributed by atoms with Crippen LogP contribution in [-0.2, 0) is 17.7 Å². The number of aromatic nitrogens is 2. The number of benzene rings is 1. The van der Waals surface area contributed by atoms with Gasteiger partial charge in [-0.2, -0.15) is 0 Å². The topological polar surface area (TPSA) is 114 Å². The van der Waals surface area contributed by atoms with E-state index < -0.39 is 42.4 Å². The second kappa shape index (κ2) is 7.32. The summed E-state index contributed by atoms with van der Waals surface area (Å²) in [5.74, 6) is 0. The number of aryl methyl sites for hydroxylation is 1. The van der Waals surface area contributed by atoms with E-state index in [0.717, 1.165) is 14.7 Å². The normalized spacial score (nSPS) is 26.0. The first kappa shape index (κ1) is 17.6. The first-order chi connectivity index (χ1) is 12.0. The monoisotopic (exact) mass is 348 g/mol. The smallest absolute Gasteiger partial charge is 0.333 e. The summed E-state index contributed by atoms with van der Waals surface area (Å²) in [5, 5.41) is 29.1. The molecule has 134 valence electrons. The van der Waals surface area contributed by atoms with Crippen molar-refractivity contribution in [3.8, 4) is 0 Å². The molecule has 1 aliphatic heterocycles. The fraction of sp³-hybridized carbons (Fsp3) is 0.412. The fourth-order valence-electron chi connectivity index (χ4n) is 2.93. The summed E-state index contributed by atoms with van der Waals surface area (Å²) in [6.07, 6.45) is -3.12. The van der Waals surface area contributed by atoms with Crippen LogP contribution in [0.3, 0.4) is 0 Å². The van der Waals surface area contributed by atoms with Crippen molar-refractivity contribution in [3.63, 3.8) is 0 Å². The van der Waals surface area contributed by atoms with Gasteiger partial charge in [-0.15, -0.1) is 0 Å². The third kappa shape index (κ3) is 3.42. The highest BCUT2D eigenvalue weighted by Crippen LogP contribution is 2.27. The fourth-order valence-corrected chi connectivity index (χ4v) is 2.93. The third-order valence-electron chi connectivity index (χ3n) is 4.35. The van der Waals surface area contributed by atoms with Crippen molar-refractivity contribution in [2.45, 2.75) is 37.5 Å². The van der Waals surface area contributed by atoms with Gasteiger partial charge < -0.3 is 20.1 Å². The van der Waals surface area contributed by atoms with E-state index in [0.29, 0.717) is 6.42 Å². The van der Waals surface area contributed by atoms with E-state index in [1.165, 1.54) is 12.3 Å². The van der Waals surface area contributed by atoms with Gasteiger partial charge in [0, 0.05) is 18.8 Å². The molecule has 0 amide bonds. The van der Waals surface area contributed by atoms with E-state index in [9.17, 15) is 19.8 Å². The number of hydrogen-bond donors (Lipinski definition) is 3. The van der Waals surface area contributed by atoms with Crippen LogP contribution in [0.25, 0.3) is 0 Å². The Bertz CT molecular complexity index is 831. The quantitative estimate of drug-likeness (QED) is 0.630. The minimum atomic E-state index is -1.38. The maximum Gasteiger partial charge on any atom is 0.333 e. The van der Waals surface area contributed by atoms with Crippen LogP contribution in [0.2, 0.25) is 0 Å².